The zero-order chi connectivity index (χ0) is 19.9. The molecule has 4 rings (SSSR count). The molecule has 1 aromatic heterocycles. The van der Waals surface area contributed by atoms with Crippen molar-refractivity contribution in [3.05, 3.63) is 58.3 Å². The van der Waals surface area contributed by atoms with Crippen LogP contribution < -0.4 is 5.32 Å². The molecular weight excluding hydrogens is 359 g/mol. The number of nitrogens with one attached hydrogen (secondary N) is 1. The van der Waals surface area contributed by atoms with Crippen molar-refractivity contribution in [3.63, 3.8) is 0 Å². The lowest BCUT2D eigenvalue weighted by atomic mass is 9.66. The number of Topliss-reactive ketones (excluding diaryl/α,β-unsaturated/α-hetero) is 1. The normalized spacial score (nSPS) is 18.2. The van der Waals surface area contributed by atoms with Crippen LogP contribution in [0.1, 0.15) is 52.1 Å². The SMILES string of the molecule is Cc1coc(C)c1CNC(=O)N1CCC2(CC1)CC(=O)c1cc(F)ccc1C2. The average molecular weight is 384 g/mol. The number of benzene rings is 1. The molecule has 2 amide bonds. The lowest BCUT2D eigenvalue weighted by Gasteiger charge is -2.44. The summed E-state index contributed by atoms with van der Waals surface area (Å²) in [5.74, 6) is 0.480. The third-order valence-electron chi connectivity index (χ3n) is 6.31. The number of furan rings is 1. The predicted octanol–water partition coefficient (Wildman–Crippen LogP) is 4.16. The molecule has 1 aliphatic carbocycles. The Bertz CT molecular complexity index is 906. The van der Waals surface area contributed by atoms with Crippen molar-refractivity contribution in [2.75, 3.05) is 13.1 Å². The summed E-state index contributed by atoms with van der Waals surface area (Å²) in [5, 5.41) is 2.98. The highest BCUT2D eigenvalue weighted by Crippen LogP contribution is 2.43. The first-order valence-electron chi connectivity index (χ1n) is 9.75. The number of amides is 2. The molecule has 1 aliphatic heterocycles. The molecule has 6 heteroatoms. The van der Waals surface area contributed by atoms with Crippen LogP contribution in [0.25, 0.3) is 0 Å². The second-order valence-corrected chi connectivity index (χ2v) is 8.18. The molecule has 1 fully saturated rings. The number of carbonyl (C=O) groups is 2. The summed E-state index contributed by atoms with van der Waals surface area (Å²) in [7, 11) is 0. The highest BCUT2D eigenvalue weighted by Gasteiger charge is 2.41. The molecule has 1 spiro atoms. The lowest BCUT2D eigenvalue weighted by molar-refractivity contribution is 0.0735. The third kappa shape index (κ3) is 3.43. The van der Waals surface area contributed by atoms with Gasteiger partial charge in [-0.1, -0.05) is 6.07 Å². The molecule has 1 aromatic carbocycles. The van der Waals surface area contributed by atoms with Crippen LogP contribution >= 0.6 is 0 Å². The number of aryl methyl sites for hydroxylation is 2. The molecule has 0 saturated carbocycles. The minimum atomic E-state index is -0.363. The Kier molecular flexibility index (Phi) is 4.73. The standard InChI is InChI=1S/C22H25FN2O3/c1-14-13-28-15(2)19(14)12-24-21(27)25-7-5-22(6-8-25)10-16-3-4-17(23)9-18(16)20(26)11-22/h3-4,9,13H,5-8,10-12H2,1-2H3,(H,24,27). The maximum Gasteiger partial charge on any atom is 0.317 e. The predicted molar refractivity (Wildman–Crippen MR) is 103 cm³/mol. The number of ketones is 1. The fraction of sp³-hybridized carbons (Fsp3) is 0.455. The number of likely N-dealkylation sites (tertiary alicyclic amines) is 1. The van der Waals surface area contributed by atoms with Crippen LogP contribution in [0.15, 0.2) is 28.9 Å². The monoisotopic (exact) mass is 384 g/mol. The van der Waals surface area contributed by atoms with E-state index in [0.29, 0.717) is 31.6 Å². The topological polar surface area (TPSA) is 62.6 Å². The summed E-state index contributed by atoms with van der Waals surface area (Å²) in [6.07, 6.45) is 4.48. The highest BCUT2D eigenvalue weighted by molar-refractivity contribution is 5.99. The van der Waals surface area contributed by atoms with Crippen LogP contribution in [-0.2, 0) is 13.0 Å². The summed E-state index contributed by atoms with van der Waals surface area (Å²) in [4.78, 5) is 26.9. The molecule has 0 radical (unpaired) electrons. The molecular formula is C22H25FN2O3. The van der Waals surface area contributed by atoms with Crippen molar-refractivity contribution >= 4 is 11.8 Å². The van der Waals surface area contributed by atoms with Crippen molar-refractivity contribution in [2.24, 2.45) is 5.41 Å². The number of nitrogens with zero attached hydrogens (tertiary/aromatic N) is 1. The van der Waals surface area contributed by atoms with E-state index in [-0.39, 0.29) is 23.0 Å². The minimum Gasteiger partial charge on any atom is -0.469 e. The van der Waals surface area contributed by atoms with Gasteiger partial charge in [0.15, 0.2) is 5.78 Å². The summed E-state index contributed by atoms with van der Waals surface area (Å²) < 4.78 is 18.8. The molecule has 0 unspecified atom stereocenters. The van der Waals surface area contributed by atoms with Gasteiger partial charge < -0.3 is 14.6 Å². The Hall–Kier alpha value is -2.63. The fourth-order valence-electron chi connectivity index (χ4n) is 4.54. The second kappa shape index (κ2) is 7.08. The maximum atomic E-state index is 13.5. The largest absolute Gasteiger partial charge is 0.469 e. The zero-order valence-corrected chi connectivity index (χ0v) is 16.3. The number of carbonyl (C=O) groups excluding carboxylic acids is 2. The van der Waals surface area contributed by atoms with E-state index < -0.39 is 0 Å². The van der Waals surface area contributed by atoms with Crippen LogP contribution in [0, 0.1) is 25.1 Å². The summed E-state index contributed by atoms with van der Waals surface area (Å²) >= 11 is 0. The Morgan fingerprint density at radius 3 is 2.68 bits per heavy atom. The first kappa shape index (κ1) is 18.7. The van der Waals surface area contributed by atoms with E-state index in [9.17, 15) is 14.0 Å². The number of rotatable bonds is 2. The number of hydrogen-bond acceptors (Lipinski definition) is 3. The van der Waals surface area contributed by atoms with Crippen LogP contribution in [0.2, 0.25) is 0 Å². The first-order valence-corrected chi connectivity index (χ1v) is 9.75. The van der Waals surface area contributed by atoms with Gasteiger partial charge in [0.1, 0.15) is 11.6 Å². The maximum absolute atomic E-state index is 13.5. The van der Waals surface area contributed by atoms with Gasteiger partial charge in [-0.2, -0.15) is 0 Å². The van der Waals surface area contributed by atoms with E-state index in [4.69, 9.17) is 4.42 Å². The number of fused-ring (bicyclic) bond motifs is 1. The van der Waals surface area contributed by atoms with E-state index >= 15 is 0 Å². The summed E-state index contributed by atoms with van der Waals surface area (Å²) in [5.41, 5.74) is 3.39. The molecule has 1 N–H and O–H groups in total. The van der Waals surface area contributed by atoms with Crippen molar-refractivity contribution in [1.82, 2.24) is 10.2 Å². The smallest absolute Gasteiger partial charge is 0.317 e. The molecule has 0 bridgehead atoms. The second-order valence-electron chi connectivity index (χ2n) is 8.18. The first-order chi connectivity index (χ1) is 13.4. The summed E-state index contributed by atoms with van der Waals surface area (Å²) in [6, 6.07) is 4.43. The van der Waals surface area contributed by atoms with Gasteiger partial charge in [0.25, 0.3) is 0 Å². The highest BCUT2D eigenvalue weighted by atomic mass is 19.1. The van der Waals surface area contributed by atoms with Crippen LogP contribution in [0.4, 0.5) is 9.18 Å². The number of halogens is 1. The average Bonchev–Trinajstić information content (AvgIpc) is 2.99. The van der Waals surface area contributed by atoms with Gasteiger partial charge in [-0.25, -0.2) is 9.18 Å². The Morgan fingerprint density at radius 1 is 1.25 bits per heavy atom. The van der Waals surface area contributed by atoms with E-state index in [2.05, 4.69) is 5.32 Å². The number of urea groups is 1. The van der Waals surface area contributed by atoms with Gasteiger partial charge in [0.2, 0.25) is 0 Å². The number of hydrogen-bond donors (Lipinski definition) is 1. The molecule has 2 heterocycles. The molecule has 148 valence electrons. The van der Waals surface area contributed by atoms with Crippen LogP contribution in [0.3, 0.4) is 0 Å². The molecule has 0 atom stereocenters. The molecule has 2 aromatic rings. The Labute approximate surface area is 163 Å². The lowest BCUT2D eigenvalue weighted by Crippen LogP contribution is -2.49. The summed E-state index contributed by atoms with van der Waals surface area (Å²) in [6.45, 7) is 5.55. The Balaban J connectivity index is 1.37. The zero-order valence-electron chi connectivity index (χ0n) is 16.3. The molecule has 28 heavy (non-hydrogen) atoms. The van der Waals surface area contributed by atoms with Gasteiger partial charge in [-0.15, -0.1) is 0 Å². The molecule has 5 nitrogen and oxygen atoms in total. The van der Waals surface area contributed by atoms with Gasteiger partial charge in [-0.3, -0.25) is 4.79 Å². The van der Waals surface area contributed by atoms with Gasteiger partial charge in [-0.05, 0) is 61.8 Å². The van der Waals surface area contributed by atoms with Gasteiger partial charge in [0.05, 0.1) is 6.26 Å². The van der Waals surface area contributed by atoms with Crippen LogP contribution in [-0.4, -0.2) is 29.8 Å². The molecule has 2 aliphatic rings. The van der Waals surface area contributed by atoms with Gasteiger partial charge in [0, 0.05) is 37.2 Å². The van der Waals surface area contributed by atoms with E-state index in [1.807, 2.05) is 18.7 Å². The van der Waals surface area contributed by atoms with Gasteiger partial charge >= 0.3 is 6.03 Å². The van der Waals surface area contributed by atoms with Crippen LogP contribution in [0.5, 0.6) is 0 Å². The van der Waals surface area contributed by atoms with Crippen molar-refractivity contribution < 1.29 is 18.4 Å². The number of piperidine rings is 1. The third-order valence-corrected chi connectivity index (χ3v) is 6.31. The van der Waals surface area contributed by atoms with E-state index in [1.165, 1.54) is 12.1 Å². The van der Waals surface area contributed by atoms with E-state index in [0.717, 1.165) is 41.7 Å². The fourth-order valence-corrected chi connectivity index (χ4v) is 4.54. The van der Waals surface area contributed by atoms with Crippen molar-refractivity contribution in [1.29, 1.82) is 0 Å². The minimum absolute atomic E-state index is 0.0181. The van der Waals surface area contributed by atoms with Crippen molar-refractivity contribution in [3.8, 4) is 0 Å². The van der Waals surface area contributed by atoms with Crippen molar-refractivity contribution in [2.45, 2.75) is 46.1 Å². The quantitative estimate of drug-likeness (QED) is 0.846. The van der Waals surface area contributed by atoms with E-state index in [1.54, 1.807) is 12.3 Å². The molecule has 1 saturated heterocycles. The Morgan fingerprint density at radius 2 is 2.00 bits per heavy atom.